The van der Waals surface area contributed by atoms with E-state index in [0.717, 1.165) is 26.0 Å². The van der Waals surface area contributed by atoms with Gasteiger partial charge in [0.25, 0.3) is 14.2 Å². The first kappa shape index (κ1) is 33.1. The summed E-state index contributed by atoms with van der Waals surface area (Å²) in [6.45, 7) is 6.43. The largest absolute Gasteiger partial charge is 0.401 e. The van der Waals surface area contributed by atoms with Crippen LogP contribution in [0.15, 0.2) is 102 Å². The van der Waals surface area contributed by atoms with Gasteiger partial charge in [0.15, 0.2) is 0 Å². The van der Waals surface area contributed by atoms with Gasteiger partial charge in [-0.3, -0.25) is 4.90 Å². The molecule has 5 aromatic rings. The summed E-state index contributed by atoms with van der Waals surface area (Å²) in [7, 11) is -3.25. The zero-order chi connectivity index (χ0) is 32.9. The fourth-order valence-electron chi connectivity index (χ4n) is 7.01. The number of thiophene rings is 1. The summed E-state index contributed by atoms with van der Waals surface area (Å²) in [5.41, 5.74) is 0.745. The van der Waals surface area contributed by atoms with Crippen molar-refractivity contribution in [1.82, 2.24) is 4.90 Å². The Morgan fingerprint density at radius 1 is 0.870 bits per heavy atom. The molecule has 2 nitrogen and oxygen atoms in total. The van der Waals surface area contributed by atoms with E-state index in [1.54, 1.807) is 4.90 Å². The molecule has 2 atom stereocenters. The molecule has 240 valence electrons. The Balaban J connectivity index is 1.41. The van der Waals surface area contributed by atoms with E-state index in [9.17, 15) is 0 Å². The fourth-order valence-corrected chi connectivity index (χ4v) is 13.4. The second-order valence-corrected chi connectivity index (χ2v) is 19.5. The summed E-state index contributed by atoms with van der Waals surface area (Å²) < 4.78 is 72.3. The van der Waals surface area contributed by atoms with Crippen molar-refractivity contribution in [2.45, 2.75) is 57.2 Å². The molecular weight excluding hydrogens is 690 g/mol. The molecule has 9 heteroatoms. The standard InChI is InChI=1S/C37H36BrF4NOSSi/c1-24-19-29-28-17-11-12-18-32(28)45-35(29)34(33-30(39)20-25(38)21-31(33)40)43(24)22-37(41,42)23-44-46(36(2,3)4,26-13-7-5-8-14-26)27-15-9-6-10-16-27/h5-18,20-21,24,34H,19,22-23H2,1-4H3/t24-,34?/m1/s1. The normalized spacial score (nSPS) is 17.8. The monoisotopic (exact) mass is 725 g/mol. The van der Waals surface area contributed by atoms with Gasteiger partial charge in [-0.25, -0.2) is 17.6 Å². The first-order valence-corrected chi connectivity index (χ1v) is 18.9. The van der Waals surface area contributed by atoms with Crippen LogP contribution in [0.25, 0.3) is 10.1 Å². The minimum absolute atomic E-state index is 0.216. The number of alkyl halides is 2. The fraction of sp³-hybridized carbons (Fsp3) is 0.297. The van der Waals surface area contributed by atoms with E-state index in [4.69, 9.17) is 4.43 Å². The van der Waals surface area contributed by atoms with Crippen LogP contribution in [-0.2, 0) is 10.8 Å². The minimum atomic E-state index is -3.34. The lowest BCUT2D eigenvalue weighted by Gasteiger charge is -2.45. The second kappa shape index (κ2) is 12.7. The maximum absolute atomic E-state index is 16.5. The third-order valence-electron chi connectivity index (χ3n) is 9.02. The van der Waals surface area contributed by atoms with E-state index in [0.29, 0.717) is 11.3 Å². The van der Waals surface area contributed by atoms with Crippen molar-refractivity contribution >= 4 is 56.0 Å². The number of benzene rings is 4. The maximum atomic E-state index is 16.5. The molecule has 1 aromatic heterocycles. The van der Waals surface area contributed by atoms with Crippen LogP contribution in [-0.4, -0.2) is 38.3 Å². The molecule has 0 aliphatic carbocycles. The first-order valence-electron chi connectivity index (χ1n) is 15.4. The molecule has 0 saturated heterocycles. The number of rotatable bonds is 8. The summed E-state index contributed by atoms with van der Waals surface area (Å²) >= 11 is 4.59. The van der Waals surface area contributed by atoms with Crippen molar-refractivity contribution in [3.05, 3.63) is 129 Å². The summed E-state index contributed by atoms with van der Waals surface area (Å²) in [6, 6.07) is 28.1. The lowest BCUT2D eigenvalue weighted by Crippen LogP contribution is -2.67. The smallest absolute Gasteiger partial charge is 0.282 e. The van der Waals surface area contributed by atoms with Crippen molar-refractivity contribution in [3.8, 4) is 0 Å². The quantitative estimate of drug-likeness (QED) is 0.117. The van der Waals surface area contributed by atoms with E-state index in [-0.39, 0.29) is 10.0 Å². The van der Waals surface area contributed by atoms with Gasteiger partial charge in [0, 0.05) is 25.7 Å². The third-order valence-corrected chi connectivity index (χ3v) is 15.7. The van der Waals surface area contributed by atoms with Gasteiger partial charge in [-0.1, -0.05) is 116 Å². The molecule has 0 bridgehead atoms. The van der Waals surface area contributed by atoms with Gasteiger partial charge in [0.1, 0.15) is 11.6 Å². The van der Waals surface area contributed by atoms with E-state index in [2.05, 4.69) is 15.9 Å². The molecule has 1 aliphatic rings. The Morgan fingerprint density at radius 2 is 1.41 bits per heavy atom. The topological polar surface area (TPSA) is 12.5 Å². The molecule has 46 heavy (non-hydrogen) atoms. The zero-order valence-electron chi connectivity index (χ0n) is 26.2. The molecule has 0 amide bonds. The summed E-state index contributed by atoms with van der Waals surface area (Å²) in [4.78, 5) is 2.27. The highest BCUT2D eigenvalue weighted by Crippen LogP contribution is 2.48. The van der Waals surface area contributed by atoms with Crippen molar-refractivity contribution in [3.63, 3.8) is 0 Å². The Labute approximate surface area is 281 Å². The van der Waals surface area contributed by atoms with E-state index in [1.807, 2.05) is 113 Å². The van der Waals surface area contributed by atoms with Gasteiger partial charge in [-0.15, -0.1) is 11.3 Å². The lowest BCUT2D eigenvalue weighted by atomic mass is 9.88. The van der Waals surface area contributed by atoms with Crippen molar-refractivity contribution in [1.29, 1.82) is 0 Å². The molecule has 6 rings (SSSR count). The molecule has 4 aromatic carbocycles. The van der Waals surface area contributed by atoms with Crippen LogP contribution in [0.3, 0.4) is 0 Å². The number of hydrogen-bond acceptors (Lipinski definition) is 3. The SMILES string of the molecule is C[C@@H]1Cc2c(sc3ccccc23)C(c2c(F)cc(Br)cc2F)N1CC(F)(F)CO[Si](c1ccccc1)(c1ccccc1)C(C)(C)C. The molecule has 0 saturated carbocycles. The number of fused-ring (bicyclic) bond motifs is 3. The number of halogens is 5. The van der Waals surface area contributed by atoms with Crippen LogP contribution >= 0.6 is 27.3 Å². The Kier molecular flexibility index (Phi) is 9.10. The summed E-state index contributed by atoms with van der Waals surface area (Å²) in [5.74, 6) is -4.88. The van der Waals surface area contributed by atoms with Crippen LogP contribution in [0.4, 0.5) is 17.6 Å². The molecular formula is C37H36BrF4NOSSi. The average Bonchev–Trinajstić information content (AvgIpc) is 3.37. The minimum Gasteiger partial charge on any atom is -0.401 e. The summed E-state index contributed by atoms with van der Waals surface area (Å²) in [6.07, 6.45) is 0.487. The predicted octanol–water partition coefficient (Wildman–Crippen LogP) is 9.49. The Bertz CT molecular complexity index is 1780. The molecule has 1 unspecified atom stereocenters. The van der Waals surface area contributed by atoms with E-state index >= 15 is 17.6 Å². The molecule has 2 heterocycles. The van der Waals surface area contributed by atoms with Gasteiger partial charge in [0.2, 0.25) is 0 Å². The first-order chi connectivity index (χ1) is 21.8. The highest BCUT2D eigenvalue weighted by atomic mass is 79.9. The van der Waals surface area contributed by atoms with Gasteiger partial charge in [0.05, 0.1) is 19.2 Å². The molecule has 1 aliphatic heterocycles. The molecule has 0 fully saturated rings. The Hall–Kier alpha value is -2.82. The van der Waals surface area contributed by atoms with Gasteiger partial charge < -0.3 is 4.43 Å². The van der Waals surface area contributed by atoms with Crippen LogP contribution in [0.1, 0.15) is 49.7 Å². The second-order valence-electron chi connectivity index (χ2n) is 13.2. The van der Waals surface area contributed by atoms with Crippen molar-refractivity contribution in [2.75, 3.05) is 13.2 Å². The lowest BCUT2D eigenvalue weighted by molar-refractivity contribution is -0.0819. The van der Waals surface area contributed by atoms with Gasteiger partial charge >= 0.3 is 0 Å². The molecule has 0 radical (unpaired) electrons. The molecule has 0 N–H and O–H groups in total. The zero-order valence-corrected chi connectivity index (χ0v) is 29.6. The van der Waals surface area contributed by atoms with Crippen molar-refractivity contribution in [2.24, 2.45) is 0 Å². The number of nitrogens with zero attached hydrogens (tertiary/aromatic N) is 1. The van der Waals surface area contributed by atoms with Crippen LogP contribution in [0.2, 0.25) is 5.04 Å². The highest BCUT2D eigenvalue weighted by Gasteiger charge is 2.52. The van der Waals surface area contributed by atoms with Crippen LogP contribution in [0, 0.1) is 11.6 Å². The summed E-state index contributed by atoms with van der Waals surface area (Å²) in [5, 5.41) is 2.33. The maximum Gasteiger partial charge on any atom is 0.282 e. The third kappa shape index (κ3) is 6.01. The Morgan fingerprint density at radius 3 is 1.98 bits per heavy atom. The highest BCUT2D eigenvalue weighted by molar-refractivity contribution is 9.10. The van der Waals surface area contributed by atoms with Crippen LogP contribution in [0.5, 0.6) is 0 Å². The predicted molar refractivity (Wildman–Crippen MR) is 186 cm³/mol. The van der Waals surface area contributed by atoms with E-state index < -0.39 is 56.1 Å². The van der Waals surface area contributed by atoms with Gasteiger partial charge in [-0.2, -0.15) is 0 Å². The average molecular weight is 727 g/mol. The number of hydrogen-bond donors (Lipinski definition) is 0. The van der Waals surface area contributed by atoms with E-state index in [1.165, 1.54) is 23.5 Å². The van der Waals surface area contributed by atoms with Crippen molar-refractivity contribution < 1.29 is 22.0 Å². The van der Waals surface area contributed by atoms with Gasteiger partial charge in [-0.05, 0) is 57.9 Å². The molecule has 0 spiro atoms. The van der Waals surface area contributed by atoms with Crippen LogP contribution < -0.4 is 10.4 Å².